The van der Waals surface area contributed by atoms with Crippen molar-refractivity contribution in [3.63, 3.8) is 0 Å². The van der Waals surface area contributed by atoms with E-state index in [1.807, 2.05) is 0 Å². The second kappa shape index (κ2) is 6.66. The Morgan fingerprint density at radius 2 is 2.38 bits per heavy atom. The van der Waals surface area contributed by atoms with Gasteiger partial charge >= 0.3 is 0 Å². The van der Waals surface area contributed by atoms with Gasteiger partial charge in [0, 0.05) is 19.0 Å². The molecule has 0 fully saturated rings. The summed E-state index contributed by atoms with van der Waals surface area (Å²) >= 11 is 0. The summed E-state index contributed by atoms with van der Waals surface area (Å²) in [5.41, 5.74) is 6.85. The lowest BCUT2D eigenvalue weighted by atomic mass is 9.97. The van der Waals surface area contributed by atoms with Crippen molar-refractivity contribution in [1.82, 2.24) is 5.32 Å². The summed E-state index contributed by atoms with van der Waals surface area (Å²) in [6, 6.07) is -0.385. The molecule has 2 atom stereocenters. The first-order valence-corrected chi connectivity index (χ1v) is 5.98. The number of aliphatic hydroxyl groups excluding tert-OH is 1. The number of nitrogens with one attached hydrogen (secondary N) is 1. The standard InChI is InChI=1S/C12H22N2O2/c1-9(15)11(13)8-14-12(16)7-10-5-3-2-4-6-10/h5,9,11,15H,2-4,6-8,13H2,1H3,(H,14,16). The molecule has 1 amide bonds. The van der Waals surface area contributed by atoms with E-state index in [4.69, 9.17) is 10.8 Å². The van der Waals surface area contributed by atoms with Gasteiger partial charge in [0.05, 0.1) is 6.10 Å². The number of allylic oxidation sites excluding steroid dienone is 1. The molecule has 2 unspecified atom stereocenters. The number of carbonyl (C=O) groups is 1. The highest BCUT2D eigenvalue weighted by Crippen LogP contribution is 2.19. The molecule has 16 heavy (non-hydrogen) atoms. The maximum absolute atomic E-state index is 11.5. The number of hydrogen-bond donors (Lipinski definition) is 3. The molecular formula is C12H22N2O2. The lowest BCUT2D eigenvalue weighted by Gasteiger charge is -2.16. The molecule has 4 heteroatoms. The summed E-state index contributed by atoms with van der Waals surface area (Å²) in [5.74, 6) is 0.00394. The largest absolute Gasteiger partial charge is 0.392 e. The van der Waals surface area contributed by atoms with E-state index >= 15 is 0 Å². The van der Waals surface area contributed by atoms with Gasteiger partial charge in [-0.2, -0.15) is 0 Å². The van der Waals surface area contributed by atoms with E-state index in [-0.39, 0.29) is 11.9 Å². The topological polar surface area (TPSA) is 75.3 Å². The molecule has 1 aliphatic carbocycles. The first-order chi connectivity index (χ1) is 7.59. The molecule has 92 valence electrons. The van der Waals surface area contributed by atoms with Crippen LogP contribution in [0.5, 0.6) is 0 Å². The zero-order valence-corrected chi connectivity index (χ0v) is 9.91. The quantitative estimate of drug-likeness (QED) is 0.604. The minimum absolute atomic E-state index is 0.00394. The maximum atomic E-state index is 11.5. The van der Waals surface area contributed by atoms with Crippen molar-refractivity contribution in [2.24, 2.45) is 5.73 Å². The van der Waals surface area contributed by atoms with Gasteiger partial charge in [-0.3, -0.25) is 4.79 Å². The molecule has 0 aromatic rings. The second-order valence-electron chi connectivity index (χ2n) is 4.49. The number of aliphatic hydroxyl groups is 1. The van der Waals surface area contributed by atoms with Crippen molar-refractivity contribution in [1.29, 1.82) is 0 Å². The molecular weight excluding hydrogens is 204 g/mol. The van der Waals surface area contributed by atoms with E-state index in [1.54, 1.807) is 6.92 Å². The fourth-order valence-electron chi connectivity index (χ4n) is 1.74. The van der Waals surface area contributed by atoms with Crippen LogP contribution in [0.2, 0.25) is 0 Å². The van der Waals surface area contributed by atoms with Crippen LogP contribution in [-0.2, 0) is 4.79 Å². The molecule has 0 heterocycles. The average Bonchev–Trinajstić information content (AvgIpc) is 2.27. The minimum atomic E-state index is -0.589. The van der Waals surface area contributed by atoms with E-state index in [0.717, 1.165) is 12.8 Å². The summed E-state index contributed by atoms with van der Waals surface area (Å²) in [6.07, 6.45) is 6.61. The lowest BCUT2D eigenvalue weighted by molar-refractivity contribution is -0.120. The van der Waals surface area contributed by atoms with E-state index in [1.165, 1.54) is 18.4 Å². The highest BCUT2D eigenvalue weighted by Gasteiger charge is 2.12. The highest BCUT2D eigenvalue weighted by molar-refractivity contribution is 5.78. The summed E-state index contributed by atoms with van der Waals surface area (Å²) in [7, 11) is 0. The second-order valence-corrected chi connectivity index (χ2v) is 4.49. The Morgan fingerprint density at radius 3 is 2.94 bits per heavy atom. The Labute approximate surface area is 96.9 Å². The molecule has 0 radical (unpaired) electrons. The zero-order chi connectivity index (χ0) is 12.0. The summed E-state index contributed by atoms with van der Waals surface area (Å²) in [4.78, 5) is 11.5. The van der Waals surface area contributed by atoms with Crippen LogP contribution in [0.4, 0.5) is 0 Å². The molecule has 0 spiro atoms. The van der Waals surface area contributed by atoms with Crippen LogP contribution in [0.3, 0.4) is 0 Å². The highest BCUT2D eigenvalue weighted by atomic mass is 16.3. The van der Waals surface area contributed by atoms with Gasteiger partial charge in [-0.05, 0) is 32.6 Å². The average molecular weight is 226 g/mol. The molecule has 0 aliphatic heterocycles. The Morgan fingerprint density at radius 1 is 1.62 bits per heavy atom. The number of amides is 1. The first kappa shape index (κ1) is 13.2. The van der Waals surface area contributed by atoms with E-state index in [9.17, 15) is 4.79 Å². The lowest BCUT2D eigenvalue weighted by Crippen LogP contribution is -2.43. The minimum Gasteiger partial charge on any atom is -0.392 e. The van der Waals surface area contributed by atoms with Gasteiger partial charge in [-0.1, -0.05) is 11.6 Å². The summed E-state index contributed by atoms with van der Waals surface area (Å²) in [6.45, 7) is 1.96. The number of nitrogens with two attached hydrogens (primary N) is 1. The van der Waals surface area contributed by atoms with Crippen LogP contribution in [0.1, 0.15) is 39.0 Å². The number of rotatable bonds is 5. The van der Waals surface area contributed by atoms with Crippen LogP contribution < -0.4 is 11.1 Å². The van der Waals surface area contributed by atoms with Gasteiger partial charge in [0.2, 0.25) is 5.91 Å². The van der Waals surface area contributed by atoms with Crippen molar-refractivity contribution in [3.05, 3.63) is 11.6 Å². The monoisotopic (exact) mass is 226 g/mol. The number of carbonyl (C=O) groups excluding carboxylic acids is 1. The van der Waals surface area contributed by atoms with Crippen LogP contribution in [0, 0.1) is 0 Å². The van der Waals surface area contributed by atoms with Gasteiger partial charge in [0.1, 0.15) is 0 Å². The fraction of sp³-hybridized carbons (Fsp3) is 0.750. The third-order valence-corrected chi connectivity index (χ3v) is 2.93. The van der Waals surface area contributed by atoms with Gasteiger partial charge in [-0.25, -0.2) is 0 Å². The SMILES string of the molecule is CC(O)C(N)CNC(=O)CC1=CCCCC1. The molecule has 4 N–H and O–H groups in total. The number of hydrogen-bond acceptors (Lipinski definition) is 3. The van der Waals surface area contributed by atoms with Crippen molar-refractivity contribution in [3.8, 4) is 0 Å². The van der Waals surface area contributed by atoms with Crippen molar-refractivity contribution in [2.45, 2.75) is 51.2 Å². The molecule has 0 aromatic heterocycles. The van der Waals surface area contributed by atoms with Crippen molar-refractivity contribution >= 4 is 5.91 Å². The van der Waals surface area contributed by atoms with Crippen molar-refractivity contribution < 1.29 is 9.90 Å². The molecule has 0 bridgehead atoms. The van der Waals surface area contributed by atoms with Crippen LogP contribution in [-0.4, -0.2) is 29.7 Å². The van der Waals surface area contributed by atoms with E-state index < -0.39 is 6.10 Å². The predicted octanol–water partition coefficient (Wildman–Crippen LogP) is 0.701. The Bertz CT molecular complexity index is 262. The Kier molecular flexibility index (Phi) is 5.49. The van der Waals surface area contributed by atoms with E-state index in [0.29, 0.717) is 13.0 Å². The molecule has 0 aromatic carbocycles. The van der Waals surface area contributed by atoms with Gasteiger partial charge in [0.15, 0.2) is 0 Å². The van der Waals surface area contributed by atoms with Crippen LogP contribution >= 0.6 is 0 Å². The first-order valence-electron chi connectivity index (χ1n) is 5.98. The summed E-state index contributed by atoms with van der Waals surface area (Å²) in [5, 5.41) is 11.9. The molecule has 1 rings (SSSR count). The molecule has 1 aliphatic rings. The third kappa shape index (κ3) is 4.77. The Hall–Kier alpha value is -0.870. The zero-order valence-electron chi connectivity index (χ0n) is 9.91. The van der Waals surface area contributed by atoms with Crippen LogP contribution in [0.25, 0.3) is 0 Å². The smallest absolute Gasteiger partial charge is 0.224 e. The van der Waals surface area contributed by atoms with Gasteiger partial charge in [-0.15, -0.1) is 0 Å². The molecule has 4 nitrogen and oxygen atoms in total. The third-order valence-electron chi connectivity index (χ3n) is 2.93. The fourth-order valence-corrected chi connectivity index (χ4v) is 1.74. The normalized spacial score (nSPS) is 19.8. The molecule has 0 saturated heterocycles. The summed E-state index contributed by atoms with van der Waals surface area (Å²) < 4.78 is 0. The van der Waals surface area contributed by atoms with Crippen molar-refractivity contribution in [2.75, 3.05) is 6.54 Å². The van der Waals surface area contributed by atoms with Gasteiger partial charge in [0.25, 0.3) is 0 Å². The van der Waals surface area contributed by atoms with Crippen LogP contribution in [0.15, 0.2) is 11.6 Å². The molecule has 0 saturated carbocycles. The Balaban J connectivity index is 2.22. The van der Waals surface area contributed by atoms with E-state index in [2.05, 4.69) is 11.4 Å². The predicted molar refractivity (Wildman–Crippen MR) is 63.8 cm³/mol. The van der Waals surface area contributed by atoms with Gasteiger partial charge < -0.3 is 16.2 Å². The maximum Gasteiger partial charge on any atom is 0.224 e.